The van der Waals surface area contributed by atoms with E-state index < -0.39 is 0 Å². The Kier molecular flexibility index (Phi) is 5.48. The molecule has 1 atom stereocenters. The first kappa shape index (κ1) is 20.4. The van der Waals surface area contributed by atoms with Gasteiger partial charge >= 0.3 is 0 Å². The summed E-state index contributed by atoms with van der Waals surface area (Å²) in [4.78, 5) is 20.8. The van der Waals surface area contributed by atoms with Crippen LogP contribution in [0, 0.1) is 0 Å². The summed E-state index contributed by atoms with van der Waals surface area (Å²) in [6, 6.07) is 19.6. The van der Waals surface area contributed by atoms with Crippen LogP contribution < -0.4 is 11.3 Å². The number of allylic oxidation sites excluding steroid dienone is 2. The lowest BCUT2D eigenvalue weighted by Crippen LogP contribution is -2.12. The normalized spacial score (nSPS) is 15.7. The molecule has 2 heterocycles. The number of pyridine rings is 2. The summed E-state index contributed by atoms with van der Waals surface area (Å²) in [5, 5.41) is 1.20. The van der Waals surface area contributed by atoms with Gasteiger partial charge in [0.25, 0.3) is 5.56 Å². The number of nitrogens with zero attached hydrogens (tertiary/aromatic N) is 1. The molecule has 0 spiro atoms. The average molecular weight is 440 g/mol. The average Bonchev–Trinajstić information content (AvgIpc) is 2.84. The van der Waals surface area contributed by atoms with Crippen LogP contribution in [0.1, 0.15) is 18.0 Å². The van der Waals surface area contributed by atoms with Gasteiger partial charge in [0, 0.05) is 34.8 Å². The molecular weight excluding hydrogens is 418 g/mol. The predicted molar refractivity (Wildman–Crippen MR) is 132 cm³/mol. The van der Waals surface area contributed by atoms with E-state index >= 15 is 0 Å². The van der Waals surface area contributed by atoms with E-state index in [0.717, 1.165) is 39.9 Å². The number of aromatic nitrogens is 2. The summed E-state index contributed by atoms with van der Waals surface area (Å²) < 4.78 is 0. The molecule has 158 valence electrons. The highest BCUT2D eigenvalue weighted by Gasteiger charge is 2.21. The summed E-state index contributed by atoms with van der Waals surface area (Å²) in [6.07, 6.45) is 8.94. The topological polar surface area (TPSA) is 71.8 Å². The Bertz CT molecular complexity index is 1420. The molecule has 4 aromatic rings. The minimum Gasteiger partial charge on any atom is -0.328 e. The summed E-state index contributed by atoms with van der Waals surface area (Å²) in [7, 11) is 0. The quantitative estimate of drug-likeness (QED) is 0.419. The largest absolute Gasteiger partial charge is 0.328 e. The van der Waals surface area contributed by atoms with Gasteiger partial charge in [-0.25, -0.2) is 0 Å². The number of hydrogen-bond acceptors (Lipinski definition) is 3. The van der Waals surface area contributed by atoms with E-state index in [9.17, 15) is 4.79 Å². The lowest BCUT2D eigenvalue weighted by molar-refractivity contribution is 0.813. The van der Waals surface area contributed by atoms with Crippen LogP contribution in [0.4, 0.5) is 0 Å². The van der Waals surface area contributed by atoms with Gasteiger partial charge in [-0.15, -0.1) is 0 Å². The van der Waals surface area contributed by atoms with Gasteiger partial charge in [0.2, 0.25) is 0 Å². The van der Waals surface area contributed by atoms with Crippen molar-refractivity contribution >= 4 is 22.5 Å². The van der Waals surface area contributed by atoms with Gasteiger partial charge in [-0.05, 0) is 41.3 Å². The van der Waals surface area contributed by atoms with Crippen LogP contribution in [0.5, 0.6) is 0 Å². The fourth-order valence-electron chi connectivity index (χ4n) is 4.22. The fourth-order valence-corrected chi connectivity index (χ4v) is 4.41. The number of halogens is 1. The third kappa shape index (κ3) is 3.79. The second kappa shape index (κ2) is 8.58. The molecule has 0 fully saturated rings. The van der Waals surface area contributed by atoms with Crippen LogP contribution in [0.15, 0.2) is 95.5 Å². The van der Waals surface area contributed by atoms with Crippen molar-refractivity contribution in [2.75, 3.05) is 6.54 Å². The smallest absolute Gasteiger partial charge is 0.257 e. The van der Waals surface area contributed by atoms with Gasteiger partial charge in [0.05, 0.1) is 16.6 Å². The highest BCUT2D eigenvalue weighted by atomic mass is 35.5. The van der Waals surface area contributed by atoms with E-state index in [0.29, 0.717) is 22.5 Å². The van der Waals surface area contributed by atoms with Crippen LogP contribution in [0.3, 0.4) is 0 Å². The molecule has 2 aromatic carbocycles. The van der Waals surface area contributed by atoms with Crippen molar-refractivity contribution in [2.24, 2.45) is 5.73 Å². The summed E-state index contributed by atoms with van der Waals surface area (Å²) in [5.41, 5.74) is 12.2. The molecule has 4 nitrogen and oxygen atoms in total. The molecule has 5 rings (SSSR count). The number of aromatic amines is 1. The maximum Gasteiger partial charge on any atom is 0.257 e. The first-order valence-corrected chi connectivity index (χ1v) is 11.0. The second-order valence-corrected chi connectivity index (χ2v) is 8.35. The number of nitrogens with one attached hydrogen (secondary N) is 1. The molecule has 3 N–H and O–H groups in total. The SMILES string of the molecule is NCC1=CCC(c2nc3c(-c4cccc(Cl)c4)c[nH]c(=O)c3cc2-c2ccccc2)C=C1. The molecule has 1 unspecified atom stereocenters. The van der Waals surface area contributed by atoms with Crippen LogP contribution >= 0.6 is 11.6 Å². The summed E-state index contributed by atoms with van der Waals surface area (Å²) in [6.45, 7) is 0.522. The Morgan fingerprint density at radius 1 is 1.03 bits per heavy atom. The summed E-state index contributed by atoms with van der Waals surface area (Å²) in [5.74, 6) is 0.0939. The summed E-state index contributed by atoms with van der Waals surface area (Å²) >= 11 is 6.24. The second-order valence-electron chi connectivity index (χ2n) is 7.91. The molecule has 0 bridgehead atoms. The van der Waals surface area contributed by atoms with Crippen molar-refractivity contribution in [3.8, 4) is 22.3 Å². The van der Waals surface area contributed by atoms with Gasteiger partial charge in [0.15, 0.2) is 0 Å². The van der Waals surface area contributed by atoms with E-state index in [2.05, 4.69) is 35.3 Å². The van der Waals surface area contributed by atoms with E-state index in [4.69, 9.17) is 22.3 Å². The molecule has 0 saturated carbocycles. The number of rotatable bonds is 4. The monoisotopic (exact) mass is 439 g/mol. The molecule has 1 aliphatic rings. The van der Waals surface area contributed by atoms with Gasteiger partial charge in [-0.1, -0.05) is 72.3 Å². The van der Waals surface area contributed by atoms with Crippen molar-refractivity contribution in [1.82, 2.24) is 9.97 Å². The molecule has 0 amide bonds. The lowest BCUT2D eigenvalue weighted by atomic mass is 9.88. The molecule has 0 aliphatic heterocycles. The Morgan fingerprint density at radius 3 is 2.56 bits per heavy atom. The number of H-pyrrole nitrogens is 1. The number of hydrogen-bond donors (Lipinski definition) is 2. The Morgan fingerprint density at radius 2 is 1.84 bits per heavy atom. The highest BCUT2D eigenvalue weighted by Crippen LogP contribution is 2.37. The van der Waals surface area contributed by atoms with Crippen LogP contribution in [0.2, 0.25) is 5.02 Å². The van der Waals surface area contributed by atoms with Crippen molar-refractivity contribution in [2.45, 2.75) is 12.3 Å². The molecule has 2 aromatic heterocycles. The number of nitrogens with two attached hydrogens (primary N) is 1. The van der Waals surface area contributed by atoms with Crippen molar-refractivity contribution < 1.29 is 0 Å². The molecule has 0 saturated heterocycles. The van der Waals surface area contributed by atoms with Crippen molar-refractivity contribution in [3.63, 3.8) is 0 Å². The minimum atomic E-state index is -0.161. The zero-order chi connectivity index (χ0) is 22.1. The Hall–Kier alpha value is -3.47. The van der Waals surface area contributed by atoms with E-state index in [1.54, 1.807) is 6.20 Å². The standard InChI is InChI=1S/C27H22ClN3O/c28-21-8-4-7-20(13-21)24-16-30-27(32)23-14-22(18-5-2-1-3-6-18)25(31-26(23)24)19-11-9-17(15-29)10-12-19/h1-11,13-14,16,19H,12,15,29H2,(H,30,32). The molecule has 0 radical (unpaired) electrons. The first-order valence-electron chi connectivity index (χ1n) is 10.6. The van der Waals surface area contributed by atoms with Crippen molar-refractivity contribution in [3.05, 3.63) is 112 Å². The van der Waals surface area contributed by atoms with Crippen LogP contribution in [-0.4, -0.2) is 16.5 Å². The first-order chi connectivity index (χ1) is 15.6. The number of benzene rings is 2. The molecular formula is C27H22ClN3O. The minimum absolute atomic E-state index is 0.0939. The highest BCUT2D eigenvalue weighted by molar-refractivity contribution is 6.30. The zero-order valence-electron chi connectivity index (χ0n) is 17.4. The van der Waals surface area contributed by atoms with Gasteiger partial charge in [-0.2, -0.15) is 0 Å². The third-order valence-corrected chi connectivity index (χ3v) is 6.12. The van der Waals surface area contributed by atoms with Crippen LogP contribution in [-0.2, 0) is 0 Å². The zero-order valence-corrected chi connectivity index (χ0v) is 18.1. The van der Waals surface area contributed by atoms with E-state index in [1.165, 1.54) is 0 Å². The van der Waals surface area contributed by atoms with Crippen LogP contribution in [0.25, 0.3) is 33.2 Å². The molecule has 32 heavy (non-hydrogen) atoms. The molecule has 1 aliphatic carbocycles. The Balaban J connectivity index is 1.78. The maximum absolute atomic E-state index is 12.8. The maximum atomic E-state index is 12.8. The third-order valence-electron chi connectivity index (χ3n) is 5.88. The fraction of sp³-hybridized carbons (Fsp3) is 0.111. The molecule has 5 heteroatoms. The van der Waals surface area contributed by atoms with Gasteiger partial charge in [-0.3, -0.25) is 9.78 Å². The lowest BCUT2D eigenvalue weighted by Gasteiger charge is -2.20. The van der Waals surface area contributed by atoms with Gasteiger partial charge in [0.1, 0.15) is 0 Å². The van der Waals surface area contributed by atoms with E-state index in [-0.39, 0.29) is 11.5 Å². The Labute approximate surface area is 191 Å². The predicted octanol–water partition coefficient (Wildman–Crippen LogP) is 5.84. The van der Waals surface area contributed by atoms with E-state index in [1.807, 2.05) is 48.5 Å². The number of fused-ring (bicyclic) bond motifs is 1. The van der Waals surface area contributed by atoms with Gasteiger partial charge < -0.3 is 10.7 Å². The van der Waals surface area contributed by atoms with Crippen molar-refractivity contribution in [1.29, 1.82) is 0 Å².